The van der Waals surface area contributed by atoms with E-state index in [1.165, 1.54) is 5.57 Å². The van der Waals surface area contributed by atoms with Crippen molar-refractivity contribution < 1.29 is 19.0 Å². The summed E-state index contributed by atoms with van der Waals surface area (Å²) < 4.78 is 16.1. The van der Waals surface area contributed by atoms with Crippen LogP contribution in [0, 0.1) is 5.92 Å². The summed E-state index contributed by atoms with van der Waals surface area (Å²) >= 11 is 0. The minimum Gasteiger partial charge on any atom is -0.449 e. The number of hydrogen-bond donors (Lipinski definition) is 2. The normalized spacial score (nSPS) is 17.7. The van der Waals surface area contributed by atoms with Gasteiger partial charge in [0.2, 0.25) is 0 Å². The summed E-state index contributed by atoms with van der Waals surface area (Å²) in [7, 11) is -2.41. The number of carbonyl (C=O) groups is 1. The summed E-state index contributed by atoms with van der Waals surface area (Å²) in [5.74, 6) is 0.291. The molecule has 0 aliphatic heterocycles. The maximum atomic E-state index is 11.7. The van der Waals surface area contributed by atoms with Gasteiger partial charge in [0.15, 0.2) is 8.03 Å². The molecule has 0 aromatic carbocycles. The second-order valence-corrected chi connectivity index (χ2v) is 6.80. The van der Waals surface area contributed by atoms with Crippen LogP contribution in [0.3, 0.4) is 0 Å². The largest absolute Gasteiger partial charge is 0.449 e. The number of nitrogens with one attached hydrogen (secondary N) is 1. The first-order valence-corrected chi connectivity index (χ1v) is 9.52. The van der Waals surface area contributed by atoms with E-state index in [1.807, 2.05) is 0 Å². The Hall–Kier alpha value is -0.800. The van der Waals surface area contributed by atoms with Crippen molar-refractivity contribution in [2.75, 3.05) is 12.8 Å². The molecule has 0 aromatic heterocycles. The maximum Gasteiger partial charge on any atom is 0.411 e. The van der Waals surface area contributed by atoms with Crippen molar-refractivity contribution in [1.29, 1.82) is 0 Å². The number of allylic oxidation sites excluding steroid dienone is 2. The fourth-order valence-electron chi connectivity index (χ4n) is 2.75. The molecule has 0 aromatic rings. The molecular weight excluding hydrogens is 289 g/mol. The van der Waals surface area contributed by atoms with Gasteiger partial charge in [-0.1, -0.05) is 20.3 Å². The smallest absolute Gasteiger partial charge is 0.411 e. The standard InChI is InChI=1S/C15H28NO4P/c1-3-5-10-20-15(17)16-14-8-6-7-13(14)12(4-2)9-11-21(18)19/h12,21H,3-11H2,1-2H3,(H,16,17)(H,18,19). The van der Waals surface area contributed by atoms with Crippen LogP contribution >= 0.6 is 8.03 Å². The van der Waals surface area contributed by atoms with Crippen molar-refractivity contribution in [3.8, 4) is 0 Å². The highest BCUT2D eigenvalue weighted by atomic mass is 31.1. The molecule has 1 amide bonds. The van der Waals surface area contributed by atoms with Crippen molar-refractivity contribution in [2.24, 2.45) is 5.92 Å². The van der Waals surface area contributed by atoms with Gasteiger partial charge in [0, 0.05) is 11.9 Å². The summed E-state index contributed by atoms with van der Waals surface area (Å²) in [6.07, 6.45) is 6.38. The second-order valence-electron chi connectivity index (χ2n) is 5.51. The van der Waals surface area contributed by atoms with Crippen LogP contribution < -0.4 is 5.32 Å². The molecule has 0 saturated heterocycles. The lowest BCUT2D eigenvalue weighted by molar-refractivity contribution is 0.147. The van der Waals surface area contributed by atoms with E-state index in [1.54, 1.807) is 0 Å². The fourth-order valence-corrected chi connectivity index (χ4v) is 3.35. The van der Waals surface area contributed by atoms with Crippen LogP contribution in [0.1, 0.15) is 58.8 Å². The Kier molecular flexibility index (Phi) is 8.70. The zero-order valence-corrected chi connectivity index (χ0v) is 14.1. The Morgan fingerprint density at radius 2 is 2.19 bits per heavy atom. The Labute approximate surface area is 128 Å². The molecule has 21 heavy (non-hydrogen) atoms. The van der Waals surface area contributed by atoms with E-state index in [9.17, 15) is 9.36 Å². The number of ether oxygens (including phenoxy) is 1. The monoisotopic (exact) mass is 317 g/mol. The van der Waals surface area contributed by atoms with Crippen molar-refractivity contribution in [2.45, 2.75) is 58.8 Å². The van der Waals surface area contributed by atoms with Gasteiger partial charge >= 0.3 is 6.09 Å². The average Bonchev–Trinajstić information content (AvgIpc) is 2.88. The molecule has 0 heterocycles. The highest BCUT2D eigenvalue weighted by molar-refractivity contribution is 7.37. The zero-order chi connectivity index (χ0) is 15.7. The van der Waals surface area contributed by atoms with Gasteiger partial charge in [-0.25, -0.2) is 4.79 Å². The van der Waals surface area contributed by atoms with E-state index in [-0.39, 0.29) is 6.09 Å². The van der Waals surface area contributed by atoms with E-state index in [2.05, 4.69) is 19.2 Å². The van der Waals surface area contributed by atoms with Gasteiger partial charge in [0.05, 0.1) is 6.61 Å². The lowest BCUT2D eigenvalue weighted by Crippen LogP contribution is -2.25. The Balaban J connectivity index is 2.59. The minimum absolute atomic E-state index is 0.291. The molecule has 1 aliphatic carbocycles. The van der Waals surface area contributed by atoms with Crippen LogP contribution in [0.25, 0.3) is 0 Å². The number of amides is 1. The topological polar surface area (TPSA) is 75.6 Å². The molecule has 2 unspecified atom stereocenters. The highest BCUT2D eigenvalue weighted by Gasteiger charge is 2.23. The van der Waals surface area contributed by atoms with Crippen molar-refractivity contribution in [3.05, 3.63) is 11.3 Å². The molecule has 0 radical (unpaired) electrons. The number of rotatable bonds is 9. The van der Waals surface area contributed by atoms with E-state index in [0.29, 0.717) is 18.7 Å². The third kappa shape index (κ3) is 6.66. The first-order valence-electron chi connectivity index (χ1n) is 7.95. The first kappa shape index (κ1) is 18.2. The number of alkyl carbamates (subject to hydrolysis) is 1. The molecule has 1 aliphatic rings. The first-order chi connectivity index (χ1) is 10.1. The number of unbranched alkanes of at least 4 members (excludes halogenated alkanes) is 1. The predicted molar refractivity (Wildman–Crippen MR) is 84.8 cm³/mol. The lowest BCUT2D eigenvalue weighted by Gasteiger charge is -2.18. The fraction of sp³-hybridized carbons (Fsp3) is 0.800. The van der Waals surface area contributed by atoms with Gasteiger partial charge < -0.3 is 9.63 Å². The Morgan fingerprint density at radius 1 is 1.43 bits per heavy atom. The van der Waals surface area contributed by atoms with Crippen LogP contribution in [0.15, 0.2) is 11.3 Å². The average molecular weight is 317 g/mol. The van der Waals surface area contributed by atoms with E-state index in [4.69, 9.17) is 9.63 Å². The molecule has 0 saturated carbocycles. The van der Waals surface area contributed by atoms with E-state index >= 15 is 0 Å². The van der Waals surface area contributed by atoms with Crippen molar-refractivity contribution in [3.63, 3.8) is 0 Å². The van der Waals surface area contributed by atoms with Gasteiger partial charge in [-0.05, 0) is 50.0 Å². The van der Waals surface area contributed by atoms with Crippen LogP contribution in [0.4, 0.5) is 4.79 Å². The Bertz CT molecular complexity index is 395. The summed E-state index contributed by atoms with van der Waals surface area (Å²) in [6, 6.07) is 0. The van der Waals surface area contributed by atoms with Gasteiger partial charge in [-0.15, -0.1) is 0 Å². The second kappa shape index (κ2) is 10.0. The molecule has 0 fully saturated rings. The minimum atomic E-state index is -2.41. The molecule has 122 valence electrons. The molecule has 2 atom stereocenters. The third-order valence-corrected chi connectivity index (χ3v) is 4.65. The van der Waals surface area contributed by atoms with E-state index in [0.717, 1.165) is 50.6 Å². The molecule has 6 heteroatoms. The maximum absolute atomic E-state index is 11.7. The Morgan fingerprint density at radius 3 is 2.81 bits per heavy atom. The van der Waals surface area contributed by atoms with Gasteiger partial charge in [0.1, 0.15) is 0 Å². The lowest BCUT2D eigenvalue weighted by atomic mass is 9.92. The van der Waals surface area contributed by atoms with Crippen LogP contribution in [0.2, 0.25) is 0 Å². The molecule has 5 nitrogen and oxygen atoms in total. The quantitative estimate of drug-likeness (QED) is 0.500. The van der Waals surface area contributed by atoms with Crippen LogP contribution in [-0.4, -0.2) is 23.8 Å². The third-order valence-electron chi connectivity index (χ3n) is 3.94. The highest BCUT2D eigenvalue weighted by Crippen LogP contribution is 2.35. The van der Waals surface area contributed by atoms with E-state index < -0.39 is 8.03 Å². The molecule has 2 N–H and O–H groups in total. The number of carbonyl (C=O) groups excluding carboxylic acids is 1. The van der Waals surface area contributed by atoms with Crippen LogP contribution in [0.5, 0.6) is 0 Å². The SMILES string of the molecule is CCCCOC(=O)NC1=C(C(CC)CC[PH](=O)O)CCC1. The van der Waals surface area contributed by atoms with Gasteiger partial charge in [-0.2, -0.15) is 0 Å². The number of hydrogen-bond acceptors (Lipinski definition) is 3. The van der Waals surface area contributed by atoms with Gasteiger partial charge in [-0.3, -0.25) is 9.88 Å². The van der Waals surface area contributed by atoms with Crippen molar-refractivity contribution in [1.82, 2.24) is 5.32 Å². The van der Waals surface area contributed by atoms with Crippen molar-refractivity contribution >= 4 is 14.1 Å². The molecular formula is C15H28NO4P. The van der Waals surface area contributed by atoms with Crippen LogP contribution in [-0.2, 0) is 9.30 Å². The van der Waals surface area contributed by atoms with Gasteiger partial charge in [0.25, 0.3) is 0 Å². The summed E-state index contributed by atoms with van der Waals surface area (Å²) in [6.45, 7) is 4.59. The summed E-state index contributed by atoms with van der Waals surface area (Å²) in [5.41, 5.74) is 2.22. The summed E-state index contributed by atoms with van der Waals surface area (Å²) in [5, 5.41) is 2.88. The molecule has 1 rings (SSSR count). The molecule has 0 spiro atoms. The summed E-state index contributed by atoms with van der Waals surface area (Å²) in [4.78, 5) is 20.8. The predicted octanol–water partition coefficient (Wildman–Crippen LogP) is 3.83. The molecule has 0 bridgehead atoms. The zero-order valence-electron chi connectivity index (χ0n) is 13.1.